The smallest absolute Gasteiger partial charge is 0.0853 e. The van der Waals surface area contributed by atoms with Gasteiger partial charge < -0.3 is 16.4 Å². The van der Waals surface area contributed by atoms with E-state index in [-0.39, 0.29) is 0 Å². The average molecular weight is 140 g/mol. The van der Waals surface area contributed by atoms with E-state index in [1.807, 2.05) is 0 Å². The Balaban J connectivity index is 2.37. The molecular formula is C6H12N4. The van der Waals surface area contributed by atoms with Gasteiger partial charge in [0, 0.05) is 31.5 Å². The maximum Gasteiger partial charge on any atom is 0.0853 e. The van der Waals surface area contributed by atoms with Crippen LogP contribution in [0.4, 0.5) is 0 Å². The molecule has 0 radical (unpaired) electrons. The molecule has 0 aliphatic carbocycles. The van der Waals surface area contributed by atoms with Gasteiger partial charge in [0.15, 0.2) is 0 Å². The Morgan fingerprint density at radius 1 is 1.50 bits per heavy atom. The molecule has 0 saturated carbocycles. The van der Waals surface area contributed by atoms with Gasteiger partial charge in [-0.15, -0.1) is 0 Å². The molecule has 0 aromatic carbocycles. The lowest BCUT2D eigenvalue weighted by atomic mass is 10.3. The first-order chi connectivity index (χ1) is 4.93. The van der Waals surface area contributed by atoms with Crippen LogP contribution in [0.2, 0.25) is 0 Å². The van der Waals surface area contributed by atoms with Gasteiger partial charge in [0.2, 0.25) is 0 Å². The van der Waals surface area contributed by atoms with Crippen molar-refractivity contribution in [3.05, 3.63) is 11.9 Å². The maximum atomic E-state index is 5.06. The van der Waals surface area contributed by atoms with Crippen LogP contribution in [0.3, 0.4) is 0 Å². The second-order valence-corrected chi connectivity index (χ2v) is 2.06. The molecule has 0 bridgehead atoms. The Morgan fingerprint density at radius 2 is 2.40 bits per heavy atom. The van der Waals surface area contributed by atoms with Crippen molar-refractivity contribution in [3.63, 3.8) is 0 Å². The molecule has 0 spiro atoms. The Morgan fingerprint density at radius 3 is 3.00 bits per heavy atom. The van der Waals surface area contributed by atoms with Gasteiger partial charge in [0.05, 0.1) is 6.34 Å². The molecule has 0 atom stereocenters. The molecule has 10 heavy (non-hydrogen) atoms. The fourth-order valence-corrected chi connectivity index (χ4v) is 0.821. The lowest BCUT2D eigenvalue weighted by Crippen LogP contribution is -2.37. The summed E-state index contributed by atoms with van der Waals surface area (Å²) in [4.78, 5) is 3.78. The number of rotatable bonds is 1. The van der Waals surface area contributed by atoms with E-state index >= 15 is 0 Å². The molecule has 1 saturated heterocycles. The van der Waals surface area contributed by atoms with Crippen molar-refractivity contribution in [2.45, 2.75) is 0 Å². The molecule has 4 N–H and O–H groups in total. The second-order valence-electron chi connectivity index (χ2n) is 2.06. The van der Waals surface area contributed by atoms with E-state index in [1.165, 1.54) is 6.34 Å². The molecule has 1 aliphatic rings. The van der Waals surface area contributed by atoms with E-state index in [1.54, 1.807) is 6.20 Å². The summed E-state index contributed by atoms with van der Waals surface area (Å²) in [7, 11) is 0. The van der Waals surface area contributed by atoms with E-state index in [9.17, 15) is 0 Å². The van der Waals surface area contributed by atoms with Crippen molar-refractivity contribution >= 4 is 6.34 Å². The van der Waals surface area contributed by atoms with Crippen LogP contribution < -0.4 is 16.4 Å². The summed E-state index contributed by atoms with van der Waals surface area (Å²) in [6, 6.07) is 0. The predicted molar refractivity (Wildman–Crippen MR) is 41.6 cm³/mol. The summed E-state index contributed by atoms with van der Waals surface area (Å²) in [6.07, 6.45) is 3.01. The van der Waals surface area contributed by atoms with Crippen molar-refractivity contribution in [1.82, 2.24) is 10.6 Å². The van der Waals surface area contributed by atoms with Crippen LogP contribution in [0, 0.1) is 0 Å². The zero-order valence-corrected chi connectivity index (χ0v) is 5.80. The van der Waals surface area contributed by atoms with Gasteiger partial charge in [-0.25, -0.2) is 4.99 Å². The van der Waals surface area contributed by atoms with Crippen molar-refractivity contribution in [3.8, 4) is 0 Å². The first-order valence-electron chi connectivity index (χ1n) is 3.30. The molecule has 1 rings (SSSR count). The minimum Gasteiger partial charge on any atom is -0.390 e. The highest BCUT2D eigenvalue weighted by atomic mass is 15.0. The fourth-order valence-electron chi connectivity index (χ4n) is 0.821. The molecule has 4 heteroatoms. The topological polar surface area (TPSA) is 62.4 Å². The van der Waals surface area contributed by atoms with Crippen LogP contribution in [-0.2, 0) is 0 Å². The monoisotopic (exact) mass is 140 g/mol. The summed E-state index contributed by atoms with van der Waals surface area (Å²) in [6.45, 7) is 2.84. The number of nitrogens with zero attached hydrogens (tertiary/aromatic N) is 1. The summed E-state index contributed by atoms with van der Waals surface area (Å²) in [5.41, 5.74) is 6.15. The summed E-state index contributed by atoms with van der Waals surface area (Å²) in [5.74, 6) is 0. The van der Waals surface area contributed by atoms with Gasteiger partial charge in [0.25, 0.3) is 0 Å². The van der Waals surface area contributed by atoms with Gasteiger partial charge in [-0.3, -0.25) is 0 Å². The van der Waals surface area contributed by atoms with E-state index < -0.39 is 0 Å². The molecule has 4 nitrogen and oxygen atoms in total. The minimum absolute atomic E-state index is 0.858. The van der Waals surface area contributed by atoms with Crippen molar-refractivity contribution in [2.24, 2.45) is 10.7 Å². The van der Waals surface area contributed by atoms with E-state index in [0.29, 0.717) is 0 Å². The van der Waals surface area contributed by atoms with Crippen LogP contribution in [0.5, 0.6) is 0 Å². The van der Waals surface area contributed by atoms with Crippen LogP contribution in [-0.4, -0.2) is 26.0 Å². The third-order valence-corrected chi connectivity index (χ3v) is 1.29. The van der Waals surface area contributed by atoms with Gasteiger partial charge in [-0.1, -0.05) is 0 Å². The van der Waals surface area contributed by atoms with Gasteiger partial charge >= 0.3 is 0 Å². The van der Waals surface area contributed by atoms with Crippen LogP contribution in [0.25, 0.3) is 0 Å². The fraction of sp³-hybridized carbons (Fsp3) is 0.500. The average Bonchev–Trinajstić information content (AvgIpc) is 2.03. The zero-order valence-electron chi connectivity index (χ0n) is 5.80. The Hall–Kier alpha value is -1.03. The summed E-state index contributed by atoms with van der Waals surface area (Å²) < 4.78 is 0. The quantitative estimate of drug-likeness (QED) is 0.323. The van der Waals surface area contributed by atoms with Gasteiger partial charge in [-0.05, 0) is 0 Å². The molecular weight excluding hydrogens is 128 g/mol. The standard InChI is InChI=1S/C6H12N4/c7-5-9-4-6-3-8-1-2-10-6/h4-5,8,10H,1-3H2,(H2,7,9)/b6-4-. The molecule has 0 amide bonds. The highest BCUT2D eigenvalue weighted by Crippen LogP contribution is 1.89. The van der Waals surface area contributed by atoms with E-state index in [4.69, 9.17) is 5.73 Å². The third-order valence-electron chi connectivity index (χ3n) is 1.29. The third kappa shape index (κ3) is 2.06. The van der Waals surface area contributed by atoms with Gasteiger partial charge in [0.1, 0.15) is 0 Å². The van der Waals surface area contributed by atoms with Gasteiger partial charge in [-0.2, -0.15) is 0 Å². The molecule has 0 unspecified atom stereocenters. The highest BCUT2D eigenvalue weighted by Gasteiger charge is 2.00. The molecule has 56 valence electrons. The first-order valence-corrected chi connectivity index (χ1v) is 3.30. The summed E-state index contributed by atoms with van der Waals surface area (Å²) in [5, 5.41) is 6.38. The SMILES string of the molecule is NC=N/C=C1/CNCCN1. The lowest BCUT2D eigenvalue weighted by molar-refractivity contribution is 0.597. The van der Waals surface area contributed by atoms with E-state index in [0.717, 1.165) is 25.3 Å². The number of hydrogen-bond donors (Lipinski definition) is 3. The number of nitrogens with two attached hydrogens (primary N) is 1. The van der Waals surface area contributed by atoms with Crippen molar-refractivity contribution < 1.29 is 0 Å². The molecule has 0 aromatic rings. The summed E-state index contributed by atoms with van der Waals surface area (Å²) >= 11 is 0. The normalized spacial score (nSPS) is 23.4. The number of piperazine rings is 1. The first kappa shape index (κ1) is 7.08. The Bertz CT molecular complexity index is 142. The highest BCUT2D eigenvalue weighted by molar-refractivity contribution is 5.52. The van der Waals surface area contributed by atoms with Crippen molar-refractivity contribution in [2.75, 3.05) is 19.6 Å². The maximum absolute atomic E-state index is 5.06. The number of nitrogens with one attached hydrogen (secondary N) is 2. The molecule has 1 heterocycles. The van der Waals surface area contributed by atoms with Crippen LogP contribution >= 0.6 is 0 Å². The predicted octanol–water partition coefficient (Wildman–Crippen LogP) is -0.992. The largest absolute Gasteiger partial charge is 0.390 e. The Kier molecular flexibility index (Phi) is 2.76. The molecule has 1 fully saturated rings. The van der Waals surface area contributed by atoms with Crippen LogP contribution in [0.1, 0.15) is 0 Å². The number of aliphatic imine (C=N–C) groups is 1. The van der Waals surface area contributed by atoms with Crippen molar-refractivity contribution in [1.29, 1.82) is 0 Å². The zero-order chi connectivity index (χ0) is 7.23. The minimum atomic E-state index is 0.858. The van der Waals surface area contributed by atoms with E-state index in [2.05, 4.69) is 15.6 Å². The van der Waals surface area contributed by atoms with Crippen LogP contribution in [0.15, 0.2) is 16.9 Å². The molecule has 1 aliphatic heterocycles. The second kappa shape index (κ2) is 3.90. The number of hydrogen-bond acceptors (Lipinski definition) is 3. The lowest BCUT2D eigenvalue weighted by Gasteiger charge is -2.16. The molecule has 0 aromatic heterocycles. The Labute approximate surface area is 60.2 Å².